The lowest BCUT2D eigenvalue weighted by Gasteiger charge is -2.27. The van der Waals surface area contributed by atoms with Gasteiger partial charge in [0, 0.05) is 29.9 Å². The molecule has 1 heterocycles. The van der Waals surface area contributed by atoms with Gasteiger partial charge in [-0.2, -0.15) is 0 Å². The molecular formula is C37H50N8O11. The van der Waals surface area contributed by atoms with Gasteiger partial charge in [-0.1, -0.05) is 48.5 Å². The van der Waals surface area contributed by atoms with E-state index in [2.05, 4.69) is 36.9 Å². The number of carboxylic acid groups (broad SMARTS) is 1. The summed E-state index contributed by atoms with van der Waals surface area (Å²) in [6.07, 6.45) is -1.35. The van der Waals surface area contributed by atoms with E-state index in [0.29, 0.717) is 16.5 Å². The molecule has 2 aromatic carbocycles. The number of aromatic nitrogens is 1. The number of aliphatic hydroxyl groups is 3. The molecule has 0 fully saturated rings. The number of carbonyl (C=O) groups excluding carboxylic acids is 6. The molecular weight excluding hydrogens is 732 g/mol. The van der Waals surface area contributed by atoms with Crippen LogP contribution in [0.3, 0.4) is 0 Å². The fraction of sp³-hybridized carbons (Fsp3) is 0.432. The lowest BCUT2D eigenvalue weighted by molar-refractivity contribution is -0.142. The van der Waals surface area contributed by atoms with Crippen molar-refractivity contribution in [1.29, 1.82) is 0 Å². The van der Waals surface area contributed by atoms with Crippen molar-refractivity contribution in [2.24, 2.45) is 5.73 Å². The van der Waals surface area contributed by atoms with E-state index in [1.165, 1.54) is 27.7 Å². The maximum Gasteiger partial charge on any atom is 0.325 e. The number of benzene rings is 2. The minimum absolute atomic E-state index is 0.122. The van der Waals surface area contributed by atoms with Gasteiger partial charge >= 0.3 is 5.97 Å². The van der Waals surface area contributed by atoms with Crippen LogP contribution in [-0.4, -0.2) is 128 Å². The second-order valence-corrected chi connectivity index (χ2v) is 13.4. The molecule has 0 spiro atoms. The SMILES string of the molecule is C[C@H](NC(=O)[C@@H](NC(=O)[C@H](Cc1ccccc1)NC(=O)[C@H](Cc1c[nH]c2ccccc12)NC(=O)[C@H](CO)NC(=O)[C@H](C)NC(=O)[C@@H](N)[C@@H](C)O)[C@@H](C)O)C(=O)O. The zero-order valence-electron chi connectivity index (χ0n) is 31.3. The van der Waals surface area contributed by atoms with Crippen LogP contribution in [0, 0.1) is 0 Å². The van der Waals surface area contributed by atoms with E-state index in [9.17, 15) is 54.0 Å². The molecule has 19 nitrogen and oxygen atoms in total. The molecule has 13 N–H and O–H groups in total. The summed E-state index contributed by atoms with van der Waals surface area (Å²) in [6.45, 7) is 4.06. The number of rotatable bonds is 20. The zero-order valence-corrected chi connectivity index (χ0v) is 31.3. The van der Waals surface area contributed by atoms with Gasteiger partial charge in [0.05, 0.1) is 18.8 Å². The van der Waals surface area contributed by atoms with Crippen LogP contribution in [0.25, 0.3) is 10.9 Å². The molecule has 1 aromatic heterocycles. The monoisotopic (exact) mass is 782 g/mol. The van der Waals surface area contributed by atoms with E-state index in [0.717, 1.165) is 5.52 Å². The van der Waals surface area contributed by atoms with Crippen molar-refractivity contribution in [3.05, 3.63) is 71.9 Å². The molecule has 0 aliphatic carbocycles. The van der Waals surface area contributed by atoms with Crippen molar-refractivity contribution in [2.45, 2.75) is 95.0 Å². The number of aromatic amines is 1. The second-order valence-electron chi connectivity index (χ2n) is 13.4. The van der Waals surface area contributed by atoms with Crippen LogP contribution >= 0.6 is 0 Å². The third kappa shape index (κ3) is 12.6. The third-order valence-electron chi connectivity index (χ3n) is 8.83. The molecule has 0 aliphatic heterocycles. The summed E-state index contributed by atoms with van der Waals surface area (Å²) < 4.78 is 0. The maximum atomic E-state index is 14.2. The number of hydrogen-bond donors (Lipinski definition) is 12. The quantitative estimate of drug-likeness (QED) is 0.0548. The van der Waals surface area contributed by atoms with Crippen LogP contribution in [0.15, 0.2) is 60.8 Å². The maximum absolute atomic E-state index is 14.2. The van der Waals surface area contributed by atoms with Gasteiger partial charge in [-0.3, -0.25) is 33.6 Å². The van der Waals surface area contributed by atoms with E-state index < -0.39 is 103 Å². The lowest BCUT2D eigenvalue weighted by Crippen LogP contribution is -2.61. The number of nitrogens with one attached hydrogen (secondary N) is 7. The van der Waals surface area contributed by atoms with Crippen LogP contribution in [0.1, 0.15) is 38.8 Å². The molecule has 3 aromatic rings. The Bertz CT molecular complexity index is 1850. The lowest BCUT2D eigenvalue weighted by atomic mass is 10.0. The summed E-state index contributed by atoms with van der Waals surface area (Å²) in [5.74, 6) is -6.88. The van der Waals surface area contributed by atoms with Crippen LogP contribution in [0.2, 0.25) is 0 Å². The first-order valence-electron chi connectivity index (χ1n) is 17.8. The molecule has 0 saturated heterocycles. The Labute approximate surface area is 322 Å². The fourth-order valence-corrected chi connectivity index (χ4v) is 5.44. The van der Waals surface area contributed by atoms with Crippen LogP contribution in [0.5, 0.6) is 0 Å². The number of carbonyl (C=O) groups is 7. The van der Waals surface area contributed by atoms with Crippen LogP contribution in [0.4, 0.5) is 0 Å². The average Bonchev–Trinajstić information content (AvgIpc) is 3.57. The molecule has 0 bridgehead atoms. The second kappa shape index (κ2) is 20.7. The standard InChI is InChI=1S/C37H50N8O11/c1-18(40-35(53)29(38)20(3)47)31(49)44-28(17-46)34(52)43-27(15-23-16-39-25-13-9-8-12-24(23)25)32(50)42-26(14-22-10-6-5-7-11-22)33(51)45-30(21(4)48)36(54)41-19(2)37(55)56/h5-13,16,18-21,26-30,39,46-48H,14-15,17,38H2,1-4H3,(H,40,53)(H,41,54)(H,42,50)(H,43,52)(H,44,49)(H,45,51)(H,55,56)/t18-,19-,20+,21+,26-,27-,28-,29-,30-/m0/s1. The summed E-state index contributed by atoms with van der Waals surface area (Å²) >= 11 is 0. The smallest absolute Gasteiger partial charge is 0.325 e. The molecule has 56 heavy (non-hydrogen) atoms. The molecule has 0 unspecified atom stereocenters. The van der Waals surface area contributed by atoms with Crippen LogP contribution in [-0.2, 0) is 46.4 Å². The molecule has 19 heteroatoms. The van der Waals surface area contributed by atoms with Crippen molar-refractivity contribution in [3.8, 4) is 0 Å². The predicted molar refractivity (Wildman–Crippen MR) is 201 cm³/mol. The zero-order chi connectivity index (χ0) is 41.7. The van der Waals surface area contributed by atoms with E-state index in [-0.39, 0.29) is 12.8 Å². The minimum atomic E-state index is -1.62. The Balaban J connectivity index is 1.91. The van der Waals surface area contributed by atoms with Gasteiger partial charge in [0.1, 0.15) is 42.3 Å². The molecule has 0 radical (unpaired) electrons. The topological polar surface area (TPSA) is 314 Å². The van der Waals surface area contributed by atoms with Gasteiger partial charge in [0.25, 0.3) is 0 Å². The van der Waals surface area contributed by atoms with Crippen LogP contribution < -0.4 is 37.6 Å². The Morgan fingerprint density at radius 2 is 1.16 bits per heavy atom. The highest BCUT2D eigenvalue weighted by atomic mass is 16.4. The first-order chi connectivity index (χ1) is 26.4. The molecule has 0 saturated carbocycles. The van der Waals surface area contributed by atoms with E-state index in [1.54, 1.807) is 60.8 Å². The van der Waals surface area contributed by atoms with Gasteiger partial charge in [-0.05, 0) is 44.9 Å². The van der Waals surface area contributed by atoms with Crippen molar-refractivity contribution in [1.82, 2.24) is 36.9 Å². The number of aliphatic hydroxyl groups excluding tert-OH is 3. The van der Waals surface area contributed by atoms with Gasteiger partial charge in [-0.15, -0.1) is 0 Å². The van der Waals surface area contributed by atoms with Gasteiger partial charge in [0.2, 0.25) is 35.4 Å². The Kier molecular flexibility index (Phi) is 16.4. The Hall–Kier alpha value is -5.89. The first kappa shape index (κ1) is 44.5. The molecule has 6 amide bonds. The summed E-state index contributed by atoms with van der Waals surface area (Å²) in [7, 11) is 0. The Morgan fingerprint density at radius 3 is 1.75 bits per heavy atom. The van der Waals surface area contributed by atoms with Gasteiger partial charge < -0.3 is 63.0 Å². The number of hydrogen-bond acceptors (Lipinski definition) is 11. The van der Waals surface area contributed by atoms with Crippen molar-refractivity contribution >= 4 is 52.3 Å². The van der Waals surface area contributed by atoms with E-state index >= 15 is 0 Å². The number of H-pyrrole nitrogens is 1. The average molecular weight is 783 g/mol. The number of carboxylic acids is 1. The minimum Gasteiger partial charge on any atom is -0.480 e. The van der Waals surface area contributed by atoms with E-state index in [1.807, 2.05) is 0 Å². The number of amides is 6. The van der Waals surface area contributed by atoms with Gasteiger partial charge in [-0.25, -0.2) is 0 Å². The summed E-state index contributed by atoms with van der Waals surface area (Å²) in [4.78, 5) is 94.0. The number of fused-ring (bicyclic) bond motifs is 1. The number of aliphatic carboxylic acids is 1. The highest BCUT2D eigenvalue weighted by molar-refractivity contribution is 5.97. The molecule has 3 rings (SSSR count). The largest absolute Gasteiger partial charge is 0.480 e. The number of para-hydroxylation sites is 1. The fourth-order valence-electron chi connectivity index (χ4n) is 5.44. The normalized spacial score (nSPS) is 16.0. The van der Waals surface area contributed by atoms with Crippen molar-refractivity contribution in [3.63, 3.8) is 0 Å². The molecule has 304 valence electrons. The molecule has 0 aliphatic rings. The number of nitrogens with two attached hydrogens (primary N) is 1. The van der Waals surface area contributed by atoms with E-state index in [4.69, 9.17) is 5.73 Å². The molecule has 9 atom stereocenters. The first-order valence-corrected chi connectivity index (χ1v) is 17.8. The third-order valence-corrected chi connectivity index (χ3v) is 8.83. The summed E-state index contributed by atoms with van der Waals surface area (Å²) in [5.41, 5.74) is 7.51. The van der Waals surface area contributed by atoms with Crippen molar-refractivity contribution < 1.29 is 54.0 Å². The highest BCUT2D eigenvalue weighted by Gasteiger charge is 2.34. The van der Waals surface area contributed by atoms with Crippen molar-refractivity contribution in [2.75, 3.05) is 6.61 Å². The van der Waals surface area contributed by atoms with Gasteiger partial charge in [0.15, 0.2) is 0 Å². The highest BCUT2D eigenvalue weighted by Crippen LogP contribution is 2.19. The summed E-state index contributed by atoms with van der Waals surface area (Å²) in [5, 5.41) is 54.3. The summed E-state index contributed by atoms with van der Waals surface area (Å²) in [6, 6.07) is 5.60. The predicted octanol–water partition coefficient (Wildman–Crippen LogP) is -2.93. The Morgan fingerprint density at radius 1 is 0.625 bits per heavy atom.